The van der Waals surface area contributed by atoms with Crippen LogP contribution in [-0.2, 0) is 4.79 Å². The van der Waals surface area contributed by atoms with Crippen LogP contribution in [0.5, 0.6) is 5.75 Å². The van der Waals surface area contributed by atoms with Crippen LogP contribution >= 0.6 is 28.1 Å². The summed E-state index contributed by atoms with van der Waals surface area (Å²) in [7, 11) is 3.54. The van der Waals surface area contributed by atoms with Crippen LogP contribution < -0.4 is 15.0 Å². The molecule has 2 aromatic carbocycles. The predicted molar refractivity (Wildman–Crippen MR) is 117 cm³/mol. The molecule has 0 saturated carbocycles. The highest BCUT2D eigenvalue weighted by molar-refractivity contribution is 9.10. The van der Waals surface area contributed by atoms with E-state index in [4.69, 9.17) is 17.0 Å². The summed E-state index contributed by atoms with van der Waals surface area (Å²) in [4.78, 5) is 16.8. The van der Waals surface area contributed by atoms with Crippen LogP contribution in [0.25, 0.3) is 0 Å². The second-order valence-corrected chi connectivity index (χ2v) is 8.95. The van der Waals surface area contributed by atoms with Crippen molar-refractivity contribution < 1.29 is 9.53 Å². The van der Waals surface area contributed by atoms with E-state index in [1.165, 1.54) is 0 Å². The van der Waals surface area contributed by atoms with E-state index < -0.39 is 11.6 Å². The number of fused-ring (bicyclic) bond motifs is 4. The summed E-state index contributed by atoms with van der Waals surface area (Å²) in [6, 6.07) is 13.7. The Morgan fingerprint density at radius 2 is 1.93 bits per heavy atom. The third-order valence-corrected chi connectivity index (χ3v) is 6.25. The van der Waals surface area contributed by atoms with E-state index in [1.54, 1.807) is 19.0 Å². The molecule has 1 N–H and O–H groups in total. The van der Waals surface area contributed by atoms with E-state index in [9.17, 15) is 4.79 Å². The largest absolute Gasteiger partial charge is 0.467 e. The van der Waals surface area contributed by atoms with Gasteiger partial charge in [0.1, 0.15) is 11.7 Å². The first kappa shape index (κ1) is 19.2. The molecule has 2 aliphatic rings. The molecule has 2 heterocycles. The summed E-state index contributed by atoms with van der Waals surface area (Å²) in [5.41, 5.74) is 2.02. The third kappa shape index (κ3) is 2.88. The van der Waals surface area contributed by atoms with Crippen LogP contribution in [0.4, 0.5) is 5.69 Å². The third-order valence-electron chi connectivity index (χ3n) is 5.46. The number of hydrogen-bond acceptors (Lipinski definition) is 3. The quantitative estimate of drug-likeness (QED) is 0.687. The molecule has 2 bridgehead atoms. The second kappa shape index (κ2) is 6.74. The number of halogens is 1. The van der Waals surface area contributed by atoms with Crippen molar-refractivity contribution in [1.29, 1.82) is 0 Å². The minimum atomic E-state index is -0.954. The lowest BCUT2D eigenvalue weighted by molar-refractivity contribution is -0.144. The Hall–Kier alpha value is -2.12. The molecule has 1 fully saturated rings. The Bertz CT molecular complexity index is 963. The molecule has 2 aromatic rings. The summed E-state index contributed by atoms with van der Waals surface area (Å²) in [5, 5.41) is 3.96. The van der Waals surface area contributed by atoms with E-state index >= 15 is 0 Å². The van der Waals surface area contributed by atoms with Crippen LogP contribution in [0.1, 0.15) is 24.1 Å². The number of amides is 1. The average Bonchev–Trinajstić information content (AvgIpc) is 2.63. The van der Waals surface area contributed by atoms with Crippen molar-refractivity contribution in [3.8, 4) is 5.75 Å². The number of hydrogen-bond donors (Lipinski definition) is 1. The SMILES string of the molecule is Cc1ccc(N2C(=S)N[C@H]3c4cc(Br)ccc4O[C@@]2(C)[C@@H]3C(=O)N(C)C)cc1. The molecule has 28 heavy (non-hydrogen) atoms. The lowest BCUT2D eigenvalue weighted by atomic mass is 9.78. The van der Waals surface area contributed by atoms with Gasteiger partial charge in [0.25, 0.3) is 0 Å². The normalized spacial score (nSPS) is 25.5. The minimum absolute atomic E-state index is 0.00904. The van der Waals surface area contributed by atoms with Gasteiger partial charge in [-0.1, -0.05) is 33.6 Å². The van der Waals surface area contributed by atoms with Gasteiger partial charge < -0.3 is 15.0 Å². The number of carbonyl (C=O) groups excluding carboxylic acids is 1. The number of ether oxygens (including phenoxy) is 1. The molecular formula is C21H22BrN3O2S. The van der Waals surface area contributed by atoms with Crippen molar-refractivity contribution in [3.05, 3.63) is 58.1 Å². The Balaban J connectivity index is 1.91. The van der Waals surface area contributed by atoms with Crippen molar-refractivity contribution in [2.75, 3.05) is 19.0 Å². The van der Waals surface area contributed by atoms with E-state index in [-0.39, 0.29) is 11.9 Å². The number of nitrogens with one attached hydrogen (secondary N) is 1. The maximum Gasteiger partial charge on any atom is 0.233 e. The molecule has 5 nitrogen and oxygen atoms in total. The Morgan fingerprint density at radius 1 is 1.25 bits per heavy atom. The molecule has 2 aliphatic heterocycles. The number of benzene rings is 2. The summed E-state index contributed by atoms with van der Waals surface area (Å²) in [6.07, 6.45) is 0. The lowest BCUT2D eigenvalue weighted by Crippen LogP contribution is -2.72. The number of nitrogens with zero attached hydrogens (tertiary/aromatic N) is 2. The molecule has 0 aromatic heterocycles. The van der Waals surface area contributed by atoms with Gasteiger partial charge in [0.15, 0.2) is 10.8 Å². The number of anilines is 1. The van der Waals surface area contributed by atoms with Crippen molar-refractivity contribution in [1.82, 2.24) is 10.2 Å². The van der Waals surface area contributed by atoms with Gasteiger partial charge in [0, 0.05) is 29.8 Å². The van der Waals surface area contributed by atoms with Crippen LogP contribution in [0.15, 0.2) is 46.9 Å². The maximum atomic E-state index is 13.3. The molecule has 0 radical (unpaired) electrons. The Kier molecular flexibility index (Phi) is 4.62. The Morgan fingerprint density at radius 3 is 2.57 bits per heavy atom. The smallest absolute Gasteiger partial charge is 0.233 e. The van der Waals surface area contributed by atoms with Crippen molar-refractivity contribution >= 4 is 44.9 Å². The number of aryl methyl sites for hydroxylation is 1. The van der Waals surface area contributed by atoms with Gasteiger partial charge in [-0.2, -0.15) is 0 Å². The van der Waals surface area contributed by atoms with Gasteiger partial charge in [-0.15, -0.1) is 0 Å². The van der Waals surface area contributed by atoms with Crippen LogP contribution in [-0.4, -0.2) is 35.7 Å². The number of carbonyl (C=O) groups is 1. The molecule has 0 unspecified atom stereocenters. The highest BCUT2D eigenvalue weighted by Crippen LogP contribution is 2.50. The molecule has 1 amide bonds. The Labute approximate surface area is 178 Å². The van der Waals surface area contributed by atoms with E-state index in [2.05, 4.69) is 21.2 Å². The fraction of sp³-hybridized carbons (Fsp3) is 0.333. The van der Waals surface area contributed by atoms with Gasteiger partial charge in [-0.3, -0.25) is 9.69 Å². The van der Waals surface area contributed by atoms with Gasteiger partial charge in [-0.25, -0.2) is 0 Å². The molecule has 4 rings (SSSR count). The lowest BCUT2D eigenvalue weighted by Gasteiger charge is -2.56. The first-order valence-corrected chi connectivity index (χ1v) is 10.3. The van der Waals surface area contributed by atoms with Crippen LogP contribution in [0, 0.1) is 12.8 Å². The summed E-state index contributed by atoms with van der Waals surface area (Å²) < 4.78 is 7.46. The zero-order chi connectivity index (χ0) is 20.2. The van der Waals surface area contributed by atoms with Crippen LogP contribution in [0.3, 0.4) is 0 Å². The van der Waals surface area contributed by atoms with E-state index in [0.717, 1.165) is 27.0 Å². The summed E-state index contributed by atoms with van der Waals surface area (Å²) in [5.74, 6) is 0.271. The van der Waals surface area contributed by atoms with Crippen LogP contribution in [0.2, 0.25) is 0 Å². The first-order valence-electron chi connectivity index (χ1n) is 9.09. The highest BCUT2D eigenvalue weighted by atomic mass is 79.9. The molecule has 0 spiro atoms. The van der Waals surface area contributed by atoms with E-state index in [0.29, 0.717) is 5.11 Å². The molecule has 146 valence electrons. The molecule has 1 saturated heterocycles. The van der Waals surface area contributed by atoms with E-state index in [1.807, 2.05) is 61.2 Å². The summed E-state index contributed by atoms with van der Waals surface area (Å²) in [6.45, 7) is 3.99. The van der Waals surface area contributed by atoms with Gasteiger partial charge in [-0.05, 0) is 56.4 Å². The van der Waals surface area contributed by atoms with Crippen molar-refractivity contribution in [2.24, 2.45) is 5.92 Å². The zero-order valence-corrected chi connectivity index (χ0v) is 18.6. The maximum absolute atomic E-state index is 13.3. The zero-order valence-electron chi connectivity index (χ0n) is 16.2. The average molecular weight is 460 g/mol. The molecule has 3 atom stereocenters. The molecule has 0 aliphatic carbocycles. The fourth-order valence-electron chi connectivity index (χ4n) is 4.09. The topological polar surface area (TPSA) is 44.8 Å². The minimum Gasteiger partial charge on any atom is -0.467 e. The van der Waals surface area contributed by atoms with Gasteiger partial charge in [0.2, 0.25) is 5.91 Å². The van der Waals surface area contributed by atoms with Crippen molar-refractivity contribution in [2.45, 2.75) is 25.6 Å². The van der Waals surface area contributed by atoms with Gasteiger partial charge >= 0.3 is 0 Å². The number of rotatable bonds is 2. The highest BCUT2D eigenvalue weighted by Gasteiger charge is 2.59. The monoisotopic (exact) mass is 459 g/mol. The number of thiocarbonyl (C=S) groups is 1. The van der Waals surface area contributed by atoms with Crippen molar-refractivity contribution in [3.63, 3.8) is 0 Å². The summed E-state index contributed by atoms with van der Waals surface area (Å²) >= 11 is 9.26. The molecule has 7 heteroatoms. The fourth-order valence-corrected chi connectivity index (χ4v) is 4.88. The standard InChI is InChI=1S/C21H22BrN3O2S/c1-12-5-8-14(9-6-12)25-20(28)23-18-15-11-13(22)7-10-16(15)27-21(25,2)17(18)19(26)24(3)4/h5-11,17-18H,1-4H3,(H,23,28)/t17-,18-,21-/m0/s1. The molecular weight excluding hydrogens is 438 g/mol. The van der Waals surface area contributed by atoms with Gasteiger partial charge in [0.05, 0.1) is 6.04 Å². The second-order valence-electron chi connectivity index (χ2n) is 7.65. The predicted octanol–water partition coefficient (Wildman–Crippen LogP) is 4.01. The first-order chi connectivity index (χ1) is 13.2.